The van der Waals surface area contributed by atoms with Crippen LogP contribution in [0.2, 0.25) is 0 Å². The van der Waals surface area contributed by atoms with E-state index in [1.54, 1.807) is 32.4 Å². The number of aryl methyl sites for hydroxylation is 2. The van der Waals surface area contributed by atoms with Crippen LogP contribution in [-0.2, 0) is 17.6 Å². The summed E-state index contributed by atoms with van der Waals surface area (Å²) in [6.07, 6.45) is 1.59. The fourth-order valence-corrected chi connectivity index (χ4v) is 2.79. The molecule has 0 aliphatic rings. The number of benzene rings is 1. The predicted molar refractivity (Wildman–Crippen MR) is 97.5 cm³/mol. The molecule has 134 valence electrons. The normalized spacial score (nSPS) is 10.4. The quantitative estimate of drug-likeness (QED) is 0.723. The smallest absolute Gasteiger partial charge is 0.234 e. The second kappa shape index (κ2) is 9.22. The van der Waals surface area contributed by atoms with Gasteiger partial charge in [-0.2, -0.15) is 5.10 Å². The number of hydrogen-bond donors (Lipinski definition) is 1. The number of amides is 1. The summed E-state index contributed by atoms with van der Waals surface area (Å²) in [5, 5.41) is 11.6. The molecule has 0 unspecified atom stereocenters. The minimum absolute atomic E-state index is 0.165. The van der Waals surface area contributed by atoms with Crippen molar-refractivity contribution in [2.45, 2.75) is 31.8 Å². The van der Waals surface area contributed by atoms with E-state index in [0.29, 0.717) is 22.3 Å². The standard InChI is InChI=1S/C17H22N4O3S/c1-5-14-15(6-2)20-21-17(19-14)25-10-16(22)18-11-7-12(23-3)9-13(8-11)24-4/h7-9H,5-6,10H2,1-4H3,(H,18,22). The Morgan fingerprint density at radius 2 is 1.68 bits per heavy atom. The van der Waals surface area contributed by atoms with Gasteiger partial charge in [-0.25, -0.2) is 4.98 Å². The maximum absolute atomic E-state index is 12.2. The summed E-state index contributed by atoms with van der Waals surface area (Å²) in [7, 11) is 3.12. The first-order valence-electron chi connectivity index (χ1n) is 7.97. The van der Waals surface area contributed by atoms with Gasteiger partial charge in [0.15, 0.2) is 0 Å². The maximum atomic E-state index is 12.2. The first kappa shape index (κ1) is 19.0. The molecule has 1 heterocycles. The zero-order chi connectivity index (χ0) is 18.2. The summed E-state index contributed by atoms with van der Waals surface area (Å²) in [5.74, 6) is 1.24. The molecule has 2 aromatic rings. The first-order chi connectivity index (χ1) is 12.1. The number of carbonyl (C=O) groups excluding carboxylic acids is 1. The molecule has 0 aliphatic heterocycles. The molecule has 7 nitrogen and oxygen atoms in total. The average molecular weight is 362 g/mol. The average Bonchev–Trinajstić information content (AvgIpc) is 2.65. The zero-order valence-corrected chi connectivity index (χ0v) is 15.6. The maximum Gasteiger partial charge on any atom is 0.234 e. The van der Waals surface area contributed by atoms with E-state index in [0.717, 1.165) is 24.2 Å². The second-order valence-electron chi connectivity index (χ2n) is 5.13. The lowest BCUT2D eigenvalue weighted by atomic mass is 10.2. The number of nitrogens with zero attached hydrogens (tertiary/aromatic N) is 3. The van der Waals surface area contributed by atoms with Gasteiger partial charge < -0.3 is 14.8 Å². The molecule has 2 rings (SSSR count). The van der Waals surface area contributed by atoms with Crippen LogP contribution in [0.4, 0.5) is 5.69 Å². The Hall–Kier alpha value is -2.35. The van der Waals surface area contributed by atoms with Gasteiger partial charge in [-0.05, 0) is 12.8 Å². The molecular formula is C17H22N4O3S. The molecule has 0 bridgehead atoms. The van der Waals surface area contributed by atoms with Gasteiger partial charge in [0.2, 0.25) is 11.1 Å². The number of methoxy groups -OCH3 is 2. The van der Waals surface area contributed by atoms with E-state index in [2.05, 4.69) is 20.5 Å². The summed E-state index contributed by atoms with van der Waals surface area (Å²) in [5.41, 5.74) is 2.44. The molecule has 0 saturated heterocycles. The minimum Gasteiger partial charge on any atom is -0.497 e. The summed E-state index contributed by atoms with van der Waals surface area (Å²) >= 11 is 1.26. The Morgan fingerprint density at radius 1 is 1.04 bits per heavy atom. The number of aromatic nitrogens is 3. The third kappa shape index (κ3) is 5.32. The molecule has 0 saturated carbocycles. The van der Waals surface area contributed by atoms with Crippen LogP contribution in [0.1, 0.15) is 25.2 Å². The number of carbonyl (C=O) groups is 1. The van der Waals surface area contributed by atoms with Gasteiger partial charge in [0.1, 0.15) is 11.5 Å². The Balaban J connectivity index is 1.99. The molecule has 25 heavy (non-hydrogen) atoms. The summed E-state index contributed by atoms with van der Waals surface area (Å²) < 4.78 is 10.4. The van der Waals surface area contributed by atoms with Crippen molar-refractivity contribution >= 4 is 23.4 Å². The van der Waals surface area contributed by atoms with E-state index in [4.69, 9.17) is 9.47 Å². The van der Waals surface area contributed by atoms with Gasteiger partial charge in [-0.3, -0.25) is 4.79 Å². The van der Waals surface area contributed by atoms with Gasteiger partial charge in [-0.15, -0.1) is 5.10 Å². The third-order valence-corrected chi connectivity index (χ3v) is 4.29. The van der Waals surface area contributed by atoms with Crippen LogP contribution in [0.25, 0.3) is 0 Å². The Labute approximate surface area is 151 Å². The van der Waals surface area contributed by atoms with Crippen LogP contribution in [0, 0.1) is 0 Å². The van der Waals surface area contributed by atoms with Crippen LogP contribution < -0.4 is 14.8 Å². The number of rotatable bonds is 8. The Kier molecular flexibility index (Phi) is 7.00. The van der Waals surface area contributed by atoms with Crippen molar-refractivity contribution in [2.75, 3.05) is 25.3 Å². The van der Waals surface area contributed by atoms with E-state index in [-0.39, 0.29) is 11.7 Å². The Morgan fingerprint density at radius 3 is 2.24 bits per heavy atom. The second-order valence-corrected chi connectivity index (χ2v) is 6.08. The van der Waals surface area contributed by atoms with E-state index >= 15 is 0 Å². The molecular weight excluding hydrogens is 340 g/mol. The van der Waals surface area contributed by atoms with Crippen molar-refractivity contribution in [2.24, 2.45) is 0 Å². The highest BCUT2D eigenvalue weighted by atomic mass is 32.2. The van der Waals surface area contributed by atoms with Crippen LogP contribution in [0.3, 0.4) is 0 Å². The fraction of sp³-hybridized carbons (Fsp3) is 0.412. The highest BCUT2D eigenvalue weighted by molar-refractivity contribution is 7.99. The highest BCUT2D eigenvalue weighted by Crippen LogP contribution is 2.26. The van der Waals surface area contributed by atoms with E-state index in [1.165, 1.54) is 11.8 Å². The summed E-state index contributed by atoms with van der Waals surface area (Å²) in [6, 6.07) is 5.20. The van der Waals surface area contributed by atoms with Crippen molar-refractivity contribution in [1.82, 2.24) is 15.2 Å². The van der Waals surface area contributed by atoms with Crippen molar-refractivity contribution in [3.8, 4) is 11.5 Å². The molecule has 0 atom stereocenters. The number of ether oxygens (including phenoxy) is 2. The SMILES string of the molecule is CCc1nnc(SCC(=O)Nc2cc(OC)cc(OC)c2)nc1CC. The highest BCUT2D eigenvalue weighted by Gasteiger charge is 2.10. The van der Waals surface area contributed by atoms with Crippen LogP contribution in [0.15, 0.2) is 23.4 Å². The topological polar surface area (TPSA) is 86.2 Å². The number of thioether (sulfide) groups is 1. The minimum atomic E-state index is -0.165. The molecule has 0 fully saturated rings. The van der Waals surface area contributed by atoms with Gasteiger partial charge in [0.05, 0.1) is 31.4 Å². The van der Waals surface area contributed by atoms with Crippen molar-refractivity contribution in [1.29, 1.82) is 0 Å². The number of anilines is 1. The molecule has 0 spiro atoms. The molecule has 1 aromatic heterocycles. The lowest BCUT2D eigenvalue weighted by Gasteiger charge is -2.10. The van der Waals surface area contributed by atoms with Crippen LogP contribution >= 0.6 is 11.8 Å². The van der Waals surface area contributed by atoms with Crippen LogP contribution in [0.5, 0.6) is 11.5 Å². The molecule has 0 radical (unpaired) electrons. The van der Waals surface area contributed by atoms with Gasteiger partial charge in [-0.1, -0.05) is 25.6 Å². The molecule has 8 heteroatoms. The molecule has 1 amide bonds. The van der Waals surface area contributed by atoms with Gasteiger partial charge >= 0.3 is 0 Å². The van der Waals surface area contributed by atoms with Crippen molar-refractivity contribution in [3.05, 3.63) is 29.6 Å². The first-order valence-corrected chi connectivity index (χ1v) is 8.96. The van der Waals surface area contributed by atoms with E-state index < -0.39 is 0 Å². The third-order valence-electron chi connectivity index (χ3n) is 3.46. The molecule has 1 aromatic carbocycles. The lowest BCUT2D eigenvalue weighted by molar-refractivity contribution is -0.113. The largest absolute Gasteiger partial charge is 0.497 e. The van der Waals surface area contributed by atoms with E-state index in [9.17, 15) is 4.79 Å². The number of hydrogen-bond acceptors (Lipinski definition) is 7. The monoisotopic (exact) mass is 362 g/mol. The summed E-state index contributed by atoms with van der Waals surface area (Å²) in [4.78, 5) is 16.6. The fourth-order valence-electron chi connectivity index (χ4n) is 2.19. The Bertz CT molecular complexity index is 718. The van der Waals surface area contributed by atoms with Crippen molar-refractivity contribution < 1.29 is 14.3 Å². The van der Waals surface area contributed by atoms with Gasteiger partial charge in [0.25, 0.3) is 0 Å². The van der Waals surface area contributed by atoms with Crippen molar-refractivity contribution in [3.63, 3.8) is 0 Å². The number of nitrogens with one attached hydrogen (secondary N) is 1. The van der Waals surface area contributed by atoms with Crippen LogP contribution in [-0.4, -0.2) is 41.1 Å². The van der Waals surface area contributed by atoms with E-state index in [1.807, 2.05) is 13.8 Å². The summed E-state index contributed by atoms with van der Waals surface area (Å²) in [6.45, 7) is 4.05. The zero-order valence-electron chi connectivity index (χ0n) is 14.8. The molecule has 1 N–H and O–H groups in total. The van der Waals surface area contributed by atoms with Gasteiger partial charge in [0, 0.05) is 23.9 Å². The predicted octanol–water partition coefficient (Wildman–Crippen LogP) is 2.74. The molecule has 0 aliphatic carbocycles. The lowest BCUT2D eigenvalue weighted by Crippen LogP contribution is -2.15.